The van der Waals surface area contributed by atoms with Gasteiger partial charge in [-0.15, -0.1) is 0 Å². The molecule has 3 heterocycles. The first-order chi connectivity index (χ1) is 14.8. The summed E-state index contributed by atoms with van der Waals surface area (Å²) in [6.07, 6.45) is 5.89. The lowest BCUT2D eigenvalue weighted by molar-refractivity contribution is 0.0740. The second-order valence-electron chi connectivity index (χ2n) is 8.92. The van der Waals surface area contributed by atoms with E-state index in [0.29, 0.717) is 17.4 Å². The predicted octanol–water partition coefficient (Wildman–Crippen LogP) is 4.08. The number of pyridine rings is 1. The topological polar surface area (TPSA) is 79.2 Å². The monoisotopic (exact) mass is 434 g/mol. The Labute approximate surface area is 184 Å². The molecule has 1 saturated carbocycles. The quantitative estimate of drug-likeness (QED) is 0.652. The summed E-state index contributed by atoms with van der Waals surface area (Å²) in [5.41, 5.74) is 3.71. The van der Waals surface area contributed by atoms with Crippen molar-refractivity contribution < 1.29 is 9.32 Å². The van der Waals surface area contributed by atoms with Crippen LogP contribution in [-0.4, -0.2) is 36.6 Å². The highest BCUT2D eigenvalue weighted by molar-refractivity contribution is 7.85. The molecular formula is C24H26N4O2S. The van der Waals surface area contributed by atoms with Crippen molar-refractivity contribution in [3.05, 3.63) is 60.0 Å². The van der Waals surface area contributed by atoms with Crippen molar-refractivity contribution in [2.24, 2.45) is 0 Å². The molecule has 0 bridgehead atoms. The Morgan fingerprint density at radius 1 is 1.16 bits per heavy atom. The third-order valence-electron chi connectivity index (χ3n) is 6.22. The second kappa shape index (κ2) is 7.21. The summed E-state index contributed by atoms with van der Waals surface area (Å²) in [5, 5.41) is 10.3. The lowest BCUT2D eigenvalue weighted by Gasteiger charge is -2.19. The van der Waals surface area contributed by atoms with E-state index in [-0.39, 0.29) is 5.41 Å². The lowest BCUT2D eigenvalue weighted by Crippen LogP contribution is -2.21. The summed E-state index contributed by atoms with van der Waals surface area (Å²) in [6.45, 7) is 6.23. The molecule has 1 fully saturated rings. The van der Waals surface area contributed by atoms with E-state index in [0.717, 1.165) is 28.4 Å². The molecule has 1 aromatic carbocycles. The van der Waals surface area contributed by atoms with E-state index in [1.54, 1.807) is 26.2 Å². The van der Waals surface area contributed by atoms with Crippen LogP contribution >= 0.6 is 0 Å². The van der Waals surface area contributed by atoms with E-state index in [4.69, 9.17) is 0 Å². The number of aromatic nitrogens is 3. The Hall–Kier alpha value is -2.64. The summed E-state index contributed by atoms with van der Waals surface area (Å²) >= 11 is 0. The van der Waals surface area contributed by atoms with E-state index < -0.39 is 16.4 Å². The normalized spacial score (nSPS) is 17.6. The van der Waals surface area contributed by atoms with E-state index in [9.17, 15) is 9.32 Å². The molecule has 0 radical (unpaired) electrons. The number of hydrogen-bond donors (Lipinski definition) is 1. The van der Waals surface area contributed by atoms with Crippen LogP contribution in [0.25, 0.3) is 11.3 Å². The zero-order valence-electron chi connectivity index (χ0n) is 18.0. The van der Waals surface area contributed by atoms with Crippen LogP contribution in [0.2, 0.25) is 0 Å². The van der Waals surface area contributed by atoms with Gasteiger partial charge in [-0.3, -0.25) is 4.21 Å². The molecule has 2 aromatic heterocycles. The molecule has 1 spiro atoms. The van der Waals surface area contributed by atoms with Crippen molar-refractivity contribution in [2.45, 2.75) is 49.5 Å². The first kappa shape index (κ1) is 20.3. The number of benzene rings is 1. The smallest absolute Gasteiger partial charge is 0.229 e. The van der Waals surface area contributed by atoms with Gasteiger partial charge in [-0.25, -0.2) is 15.0 Å². The minimum absolute atomic E-state index is 0.187. The van der Waals surface area contributed by atoms with Gasteiger partial charge in [-0.1, -0.05) is 19.1 Å². The average Bonchev–Trinajstić information content (AvgIpc) is 3.49. The number of rotatable bonds is 5. The molecule has 1 N–H and O–H groups in total. The molecule has 5 rings (SSSR count). The number of anilines is 2. The maximum Gasteiger partial charge on any atom is 0.229 e. The standard InChI is InChI=1S/C24H26N4O2S/c1-4-31(30)17-8-9-18-20(12-17)28(15-24(18)10-11-24)22-25-13-16(14-26-22)19-6-5-7-21(27-19)23(2,3)29/h5-9,12-14,29H,4,10-11,15H2,1-3H3/t31-/m1/s1. The Balaban J connectivity index is 1.48. The predicted molar refractivity (Wildman–Crippen MR) is 122 cm³/mol. The molecule has 160 valence electrons. The van der Waals surface area contributed by atoms with Crippen LogP contribution in [0.4, 0.5) is 11.6 Å². The molecule has 7 heteroatoms. The third kappa shape index (κ3) is 3.55. The fourth-order valence-corrected chi connectivity index (χ4v) is 5.05. The van der Waals surface area contributed by atoms with Crippen molar-refractivity contribution in [1.29, 1.82) is 0 Å². The summed E-state index contributed by atoms with van der Waals surface area (Å²) in [7, 11) is -0.993. The van der Waals surface area contributed by atoms with Crippen LogP contribution in [0.5, 0.6) is 0 Å². The maximum atomic E-state index is 12.4. The summed E-state index contributed by atoms with van der Waals surface area (Å²) in [6, 6.07) is 11.8. The van der Waals surface area contributed by atoms with Gasteiger partial charge in [0.25, 0.3) is 0 Å². The van der Waals surface area contributed by atoms with Crippen molar-refractivity contribution >= 4 is 22.4 Å². The molecule has 0 saturated heterocycles. The van der Waals surface area contributed by atoms with Gasteiger partial charge in [0.05, 0.1) is 22.2 Å². The molecule has 0 amide bonds. The Kier molecular flexibility index (Phi) is 4.71. The first-order valence-electron chi connectivity index (χ1n) is 10.6. The average molecular weight is 435 g/mol. The maximum absolute atomic E-state index is 12.4. The van der Waals surface area contributed by atoms with E-state index in [1.165, 1.54) is 18.4 Å². The SMILES string of the molecule is CC[S@@](=O)c1ccc2c(c1)N(c1ncc(-c3cccc(C(C)(C)O)n3)cn1)CC21CC1. The van der Waals surface area contributed by atoms with Gasteiger partial charge in [-0.2, -0.15) is 0 Å². The first-order valence-corrected chi connectivity index (χ1v) is 12.0. The largest absolute Gasteiger partial charge is 0.384 e. The van der Waals surface area contributed by atoms with Crippen LogP contribution in [0.15, 0.2) is 53.7 Å². The highest BCUT2D eigenvalue weighted by atomic mass is 32.2. The molecule has 0 unspecified atom stereocenters. The van der Waals surface area contributed by atoms with Gasteiger partial charge in [0.15, 0.2) is 0 Å². The Morgan fingerprint density at radius 3 is 2.55 bits per heavy atom. The summed E-state index contributed by atoms with van der Waals surface area (Å²) < 4.78 is 12.4. The lowest BCUT2D eigenvalue weighted by atomic mass is 9.99. The van der Waals surface area contributed by atoms with Gasteiger partial charge in [0.1, 0.15) is 5.60 Å². The Morgan fingerprint density at radius 2 is 1.90 bits per heavy atom. The molecule has 6 nitrogen and oxygen atoms in total. The minimum atomic E-state index is -1.01. The van der Waals surface area contributed by atoms with Crippen molar-refractivity contribution in [3.63, 3.8) is 0 Å². The Bertz CT molecular complexity index is 1170. The zero-order chi connectivity index (χ0) is 21.8. The van der Waals surface area contributed by atoms with Gasteiger partial charge < -0.3 is 10.0 Å². The number of fused-ring (bicyclic) bond motifs is 2. The van der Waals surface area contributed by atoms with Gasteiger partial charge >= 0.3 is 0 Å². The second-order valence-corrected chi connectivity index (χ2v) is 10.7. The van der Waals surface area contributed by atoms with Crippen LogP contribution in [0.3, 0.4) is 0 Å². The fourth-order valence-electron chi connectivity index (χ4n) is 4.25. The molecule has 1 atom stereocenters. The van der Waals surface area contributed by atoms with Crippen LogP contribution < -0.4 is 4.90 Å². The summed E-state index contributed by atoms with van der Waals surface area (Å²) in [4.78, 5) is 16.9. The minimum Gasteiger partial charge on any atom is -0.384 e. The van der Waals surface area contributed by atoms with Crippen molar-refractivity contribution in [1.82, 2.24) is 15.0 Å². The van der Waals surface area contributed by atoms with Gasteiger partial charge in [0, 0.05) is 46.3 Å². The number of aliphatic hydroxyl groups is 1. The molecule has 3 aromatic rings. The van der Waals surface area contributed by atoms with Crippen LogP contribution in [0, 0.1) is 0 Å². The fraction of sp³-hybridized carbons (Fsp3) is 0.375. The van der Waals surface area contributed by atoms with Crippen LogP contribution in [0.1, 0.15) is 44.9 Å². The van der Waals surface area contributed by atoms with Crippen molar-refractivity contribution in [2.75, 3.05) is 17.2 Å². The molecule has 1 aliphatic heterocycles. The number of nitrogens with zero attached hydrogens (tertiary/aromatic N) is 4. The zero-order valence-corrected chi connectivity index (χ0v) is 18.8. The van der Waals surface area contributed by atoms with E-state index >= 15 is 0 Å². The number of hydrogen-bond acceptors (Lipinski definition) is 6. The van der Waals surface area contributed by atoms with E-state index in [2.05, 4.69) is 25.9 Å². The molecule has 2 aliphatic rings. The van der Waals surface area contributed by atoms with Crippen molar-refractivity contribution in [3.8, 4) is 11.3 Å². The summed E-state index contributed by atoms with van der Waals surface area (Å²) in [5.74, 6) is 1.25. The molecular weight excluding hydrogens is 408 g/mol. The van der Waals surface area contributed by atoms with E-state index in [1.807, 2.05) is 37.3 Å². The molecule has 1 aliphatic carbocycles. The third-order valence-corrected chi connectivity index (χ3v) is 7.53. The van der Waals surface area contributed by atoms with Gasteiger partial charge in [0.2, 0.25) is 5.95 Å². The molecule has 31 heavy (non-hydrogen) atoms. The van der Waals surface area contributed by atoms with Gasteiger partial charge in [-0.05, 0) is 56.5 Å². The highest BCUT2D eigenvalue weighted by Crippen LogP contribution is 2.57. The van der Waals surface area contributed by atoms with Crippen LogP contribution in [-0.2, 0) is 21.8 Å². The highest BCUT2D eigenvalue weighted by Gasteiger charge is 2.52.